The molecule has 4 rings (SSSR count). The number of nitrogens with one attached hydrogen (secondary N) is 1. The number of thiophene rings is 1. The van der Waals surface area contributed by atoms with Gasteiger partial charge in [0.05, 0.1) is 19.6 Å². The zero-order chi connectivity index (χ0) is 19.7. The highest BCUT2D eigenvalue weighted by Gasteiger charge is 2.20. The SMILES string of the molecule is O=C(NCCN1CCN(c2nc3c(Cl)cccc3s2)CC1)c1cc(Cl)sc1Cl. The van der Waals surface area contributed by atoms with Crippen LogP contribution in [0.15, 0.2) is 24.3 Å². The van der Waals surface area contributed by atoms with Gasteiger partial charge in [0, 0.05) is 39.3 Å². The number of amides is 1. The standard InChI is InChI=1S/C18H17Cl3N4OS2/c19-12-2-1-3-13-15(12)23-18(27-13)25-8-6-24(7-9-25)5-4-22-17(26)11-10-14(20)28-16(11)21/h1-3,10H,4-9H2,(H,22,26). The van der Waals surface area contributed by atoms with Crippen LogP contribution in [-0.4, -0.2) is 55.1 Å². The van der Waals surface area contributed by atoms with Gasteiger partial charge in [0.25, 0.3) is 5.91 Å². The van der Waals surface area contributed by atoms with Gasteiger partial charge in [0.15, 0.2) is 5.13 Å². The van der Waals surface area contributed by atoms with Crippen molar-refractivity contribution in [2.24, 2.45) is 0 Å². The van der Waals surface area contributed by atoms with Crippen molar-refractivity contribution in [2.75, 3.05) is 44.2 Å². The predicted molar refractivity (Wildman–Crippen MR) is 120 cm³/mol. The zero-order valence-corrected chi connectivity index (χ0v) is 18.7. The quantitative estimate of drug-likeness (QED) is 0.572. The molecule has 28 heavy (non-hydrogen) atoms. The zero-order valence-electron chi connectivity index (χ0n) is 14.8. The Balaban J connectivity index is 1.26. The monoisotopic (exact) mass is 474 g/mol. The van der Waals surface area contributed by atoms with E-state index >= 15 is 0 Å². The number of carbonyl (C=O) groups excluding carboxylic acids is 1. The van der Waals surface area contributed by atoms with Crippen molar-refractivity contribution in [2.45, 2.75) is 0 Å². The Morgan fingerprint density at radius 1 is 1.14 bits per heavy atom. The summed E-state index contributed by atoms with van der Waals surface area (Å²) in [5, 5.41) is 4.62. The average Bonchev–Trinajstić information content (AvgIpc) is 3.26. The molecule has 10 heteroatoms. The summed E-state index contributed by atoms with van der Waals surface area (Å²) >= 11 is 21.0. The van der Waals surface area contributed by atoms with E-state index in [0.717, 1.165) is 48.1 Å². The number of anilines is 1. The molecule has 5 nitrogen and oxygen atoms in total. The summed E-state index contributed by atoms with van der Waals surface area (Å²) in [6.07, 6.45) is 0. The Morgan fingerprint density at radius 2 is 1.93 bits per heavy atom. The van der Waals surface area contributed by atoms with Gasteiger partial charge in [-0.15, -0.1) is 11.3 Å². The summed E-state index contributed by atoms with van der Waals surface area (Å²) in [6.45, 7) is 5.00. The first kappa shape index (κ1) is 20.2. The normalized spacial score (nSPS) is 15.3. The van der Waals surface area contributed by atoms with E-state index < -0.39 is 0 Å². The fraction of sp³-hybridized carbons (Fsp3) is 0.333. The molecule has 2 aromatic heterocycles. The number of carbonyl (C=O) groups is 1. The number of fused-ring (bicyclic) bond motifs is 1. The molecule has 1 fully saturated rings. The summed E-state index contributed by atoms with van der Waals surface area (Å²) in [4.78, 5) is 21.5. The van der Waals surface area contributed by atoms with E-state index in [9.17, 15) is 4.79 Å². The average molecular weight is 476 g/mol. The van der Waals surface area contributed by atoms with Crippen molar-refractivity contribution in [3.8, 4) is 0 Å². The van der Waals surface area contributed by atoms with E-state index in [2.05, 4.69) is 15.1 Å². The van der Waals surface area contributed by atoms with Crippen LogP contribution in [0.25, 0.3) is 10.2 Å². The molecular weight excluding hydrogens is 459 g/mol. The van der Waals surface area contributed by atoms with Gasteiger partial charge in [-0.2, -0.15) is 0 Å². The maximum Gasteiger partial charge on any atom is 0.253 e. The van der Waals surface area contributed by atoms with E-state index in [1.54, 1.807) is 17.4 Å². The molecule has 1 saturated heterocycles. The van der Waals surface area contributed by atoms with Crippen molar-refractivity contribution in [3.63, 3.8) is 0 Å². The van der Waals surface area contributed by atoms with Gasteiger partial charge in [0.2, 0.25) is 0 Å². The second-order valence-electron chi connectivity index (χ2n) is 6.41. The topological polar surface area (TPSA) is 48.5 Å². The third-order valence-electron chi connectivity index (χ3n) is 4.62. The number of hydrogen-bond acceptors (Lipinski definition) is 6. The number of halogens is 3. The largest absolute Gasteiger partial charge is 0.351 e. The van der Waals surface area contributed by atoms with Crippen LogP contribution in [0.2, 0.25) is 13.7 Å². The molecule has 0 radical (unpaired) electrons. The van der Waals surface area contributed by atoms with Crippen molar-refractivity contribution in [3.05, 3.63) is 43.5 Å². The maximum atomic E-state index is 12.2. The van der Waals surface area contributed by atoms with Gasteiger partial charge in [-0.1, -0.05) is 52.2 Å². The Bertz CT molecular complexity index is 998. The predicted octanol–water partition coefficient (Wildman–Crippen LogP) is 4.87. The second kappa shape index (κ2) is 8.73. The summed E-state index contributed by atoms with van der Waals surface area (Å²) in [5.41, 5.74) is 1.32. The first-order valence-corrected chi connectivity index (χ1v) is 11.5. The van der Waals surface area contributed by atoms with Crippen LogP contribution in [0.4, 0.5) is 5.13 Å². The number of hydrogen-bond donors (Lipinski definition) is 1. The van der Waals surface area contributed by atoms with Gasteiger partial charge in [-0.25, -0.2) is 4.98 Å². The maximum absolute atomic E-state index is 12.2. The van der Waals surface area contributed by atoms with E-state index in [1.807, 2.05) is 18.2 Å². The van der Waals surface area contributed by atoms with Crippen LogP contribution < -0.4 is 10.2 Å². The van der Waals surface area contributed by atoms with Crippen LogP contribution in [0.5, 0.6) is 0 Å². The molecule has 0 atom stereocenters. The molecular formula is C18H17Cl3N4OS2. The van der Waals surface area contributed by atoms with Gasteiger partial charge in [0.1, 0.15) is 9.85 Å². The molecule has 1 N–H and O–H groups in total. The second-order valence-corrected chi connectivity index (χ2v) is 10.1. The molecule has 1 aromatic carbocycles. The Hall–Kier alpha value is -1.09. The minimum atomic E-state index is -0.182. The van der Waals surface area contributed by atoms with Crippen molar-refractivity contribution in [1.82, 2.24) is 15.2 Å². The molecule has 0 bridgehead atoms. The summed E-state index contributed by atoms with van der Waals surface area (Å²) in [5.74, 6) is -0.182. The number of nitrogens with zero attached hydrogens (tertiary/aromatic N) is 3. The smallest absolute Gasteiger partial charge is 0.253 e. The van der Waals surface area contributed by atoms with E-state index in [-0.39, 0.29) is 5.91 Å². The van der Waals surface area contributed by atoms with Gasteiger partial charge in [-0.05, 0) is 18.2 Å². The lowest BCUT2D eigenvalue weighted by molar-refractivity contribution is 0.0948. The van der Waals surface area contributed by atoms with Crippen LogP contribution in [0.1, 0.15) is 10.4 Å². The molecule has 3 heterocycles. The first-order chi connectivity index (χ1) is 13.5. The van der Waals surface area contributed by atoms with Crippen molar-refractivity contribution < 1.29 is 4.79 Å². The van der Waals surface area contributed by atoms with E-state index in [0.29, 0.717) is 25.8 Å². The highest BCUT2D eigenvalue weighted by Crippen LogP contribution is 2.33. The van der Waals surface area contributed by atoms with Crippen molar-refractivity contribution >= 4 is 78.7 Å². The third-order valence-corrected chi connectivity index (χ3v) is 7.49. The van der Waals surface area contributed by atoms with Gasteiger partial charge >= 0.3 is 0 Å². The number of rotatable bonds is 5. The molecule has 3 aromatic rings. The lowest BCUT2D eigenvalue weighted by Crippen LogP contribution is -2.48. The first-order valence-electron chi connectivity index (χ1n) is 8.76. The highest BCUT2D eigenvalue weighted by atomic mass is 35.5. The summed E-state index contributed by atoms with van der Waals surface area (Å²) in [7, 11) is 0. The number of benzene rings is 1. The molecule has 0 unspecified atom stereocenters. The number of aromatic nitrogens is 1. The fourth-order valence-corrected chi connectivity index (χ4v) is 5.89. The lowest BCUT2D eigenvalue weighted by atomic mass is 10.3. The van der Waals surface area contributed by atoms with Crippen molar-refractivity contribution in [1.29, 1.82) is 0 Å². The lowest BCUT2D eigenvalue weighted by Gasteiger charge is -2.34. The molecule has 0 aliphatic carbocycles. The summed E-state index contributed by atoms with van der Waals surface area (Å²) < 4.78 is 2.05. The van der Waals surface area contributed by atoms with E-state index in [4.69, 9.17) is 39.8 Å². The number of piperazine rings is 1. The van der Waals surface area contributed by atoms with Crippen LogP contribution >= 0.6 is 57.5 Å². The Morgan fingerprint density at radius 3 is 2.61 bits per heavy atom. The molecule has 0 spiro atoms. The molecule has 0 saturated carbocycles. The van der Waals surface area contributed by atoms with Gasteiger partial charge < -0.3 is 10.2 Å². The number of para-hydroxylation sites is 1. The van der Waals surface area contributed by atoms with Crippen LogP contribution in [0.3, 0.4) is 0 Å². The van der Waals surface area contributed by atoms with Gasteiger partial charge in [-0.3, -0.25) is 9.69 Å². The van der Waals surface area contributed by atoms with E-state index in [1.165, 1.54) is 11.3 Å². The molecule has 1 amide bonds. The third kappa shape index (κ3) is 4.40. The fourth-order valence-electron chi connectivity index (χ4n) is 3.12. The molecule has 148 valence electrons. The minimum absolute atomic E-state index is 0.182. The number of thiazole rings is 1. The highest BCUT2D eigenvalue weighted by molar-refractivity contribution is 7.22. The molecule has 1 aliphatic heterocycles. The summed E-state index contributed by atoms with van der Waals surface area (Å²) in [6, 6.07) is 7.48. The Kier molecular flexibility index (Phi) is 6.30. The Labute approximate surface area is 185 Å². The molecule has 1 aliphatic rings. The van der Waals surface area contributed by atoms with Crippen LogP contribution in [0, 0.1) is 0 Å². The van der Waals surface area contributed by atoms with Crippen LogP contribution in [-0.2, 0) is 0 Å². The minimum Gasteiger partial charge on any atom is -0.351 e.